The number of aliphatic hydroxyl groups is 1. The van der Waals surface area contributed by atoms with Gasteiger partial charge in [0.1, 0.15) is 0 Å². The van der Waals surface area contributed by atoms with E-state index in [9.17, 15) is 0 Å². The summed E-state index contributed by atoms with van der Waals surface area (Å²) < 4.78 is 1.23. The van der Waals surface area contributed by atoms with Crippen LogP contribution in [-0.2, 0) is 6.61 Å². The molecule has 0 aliphatic heterocycles. The first-order valence-corrected chi connectivity index (χ1v) is 4.07. The fourth-order valence-corrected chi connectivity index (χ4v) is 2.05. The molecule has 8 heavy (non-hydrogen) atoms. The summed E-state index contributed by atoms with van der Waals surface area (Å²) in [6.45, 7) is 0.174. The molecule has 1 aromatic heterocycles. The SMILES string of the molecule is OCc1ccc(I)s1. The summed E-state index contributed by atoms with van der Waals surface area (Å²) in [4.78, 5) is 1.04. The molecule has 0 radical (unpaired) electrons. The molecule has 0 spiro atoms. The molecule has 1 heterocycles. The minimum atomic E-state index is 0.174. The van der Waals surface area contributed by atoms with Gasteiger partial charge in [0.15, 0.2) is 0 Å². The summed E-state index contributed by atoms with van der Waals surface area (Å²) in [5.41, 5.74) is 0. The third-order valence-electron chi connectivity index (χ3n) is 0.785. The quantitative estimate of drug-likeness (QED) is 0.742. The lowest BCUT2D eigenvalue weighted by Crippen LogP contribution is -1.69. The Labute approximate surface area is 65.5 Å². The normalized spacial score (nSPS) is 9.75. The van der Waals surface area contributed by atoms with Crippen molar-refractivity contribution in [2.75, 3.05) is 0 Å². The molecule has 0 aromatic carbocycles. The van der Waals surface area contributed by atoms with E-state index in [4.69, 9.17) is 5.11 Å². The third kappa shape index (κ3) is 1.43. The van der Waals surface area contributed by atoms with Gasteiger partial charge in [0.25, 0.3) is 0 Å². The van der Waals surface area contributed by atoms with E-state index in [1.165, 1.54) is 2.88 Å². The maximum atomic E-state index is 8.56. The summed E-state index contributed by atoms with van der Waals surface area (Å²) in [6, 6.07) is 3.93. The van der Waals surface area contributed by atoms with Crippen LogP contribution in [0.5, 0.6) is 0 Å². The van der Waals surface area contributed by atoms with Crippen LogP contribution in [0.15, 0.2) is 12.1 Å². The molecule has 1 nitrogen and oxygen atoms in total. The van der Waals surface area contributed by atoms with E-state index < -0.39 is 0 Å². The van der Waals surface area contributed by atoms with Crippen molar-refractivity contribution in [2.24, 2.45) is 0 Å². The topological polar surface area (TPSA) is 20.2 Å². The van der Waals surface area contributed by atoms with Crippen LogP contribution in [-0.4, -0.2) is 5.11 Å². The summed E-state index contributed by atoms with van der Waals surface area (Å²) in [5.74, 6) is 0. The van der Waals surface area contributed by atoms with E-state index >= 15 is 0 Å². The number of thiophene rings is 1. The predicted octanol–water partition coefficient (Wildman–Crippen LogP) is 1.85. The standard InChI is InChI=1S/C5H5IOS/c6-5-2-1-4(3-7)8-5/h1-2,7H,3H2. The fraction of sp³-hybridized carbons (Fsp3) is 0.200. The van der Waals surface area contributed by atoms with Gasteiger partial charge in [0.2, 0.25) is 0 Å². The van der Waals surface area contributed by atoms with Crippen LogP contribution in [0.1, 0.15) is 4.88 Å². The van der Waals surface area contributed by atoms with Gasteiger partial charge in [-0.2, -0.15) is 0 Å². The Morgan fingerprint density at radius 2 is 2.38 bits per heavy atom. The van der Waals surface area contributed by atoms with Crippen LogP contribution >= 0.6 is 33.9 Å². The first-order chi connectivity index (χ1) is 3.83. The lowest BCUT2D eigenvalue weighted by atomic mass is 10.5. The predicted molar refractivity (Wildman–Crippen MR) is 43.0 cm³/mol. The van der Waals surface area contributed by atoms with Gasteiger partial charge in [-0.1, -0.05) is 0 Å². The lowest BCUT2D eigenvalue weighted by molar-refractivity contribution is 0.285. The first-order valence-electron chi connectivity index (χ1n) is 2.18. The highest BCUT2D eigenvalue weighted by molar-refractivity contribution is 14.1. The molecule has 1 aromatic rings. The van der Waals surface area contributed by atoms with Crippen molar-refractivity contribution in [3.05, 3.63) is 19.9 Å². The highest BCUT2D eigenvalue weighted by Gasteiger charge is 1.91. The summed E-state index contributed by atoms with van der Waals surface area (Å²) in [7, 11) is 0. The molecule has 0 aliphatic carbocycles. The van der Waals surface area contributed by atoms with Crippen LogP contribution < -0.4 is 0 Å². The van der Waals surface area contributed by atoms with Crippen molar-refractivity contribution < 1.29 is 5.11 Å². The average Bonchev–Trinajstić information content (AvgIpc) is 2.14. The van der Waals surface area contributed by atoms with Gasteiger partial charge in [-0.15, -0.1) is 11.3 Å². The van der Waals surface area contributed by atoms with Crippen LogP contribution in [0, 0.1) is 2.88 Å². The molecule has 1 N–H and O–H groups in total. The van der Waals surface area contributed by atoms with Gasteiger partial charge in [0.05, 0.1) is 9.49 Å². The Balaban J connectivity index is 2.84. The molecule has 0 saturated carbocycles. The van der Waals surface area contributed by atoms with Gasteiger partial charge >= 0.3 is 0 Å². The van der Waals surface area contributed by atoms with Crippen LogP contribution in [0.4, 0.5) is 0 Å². The van der Waals surface area contributed by atoms with Gasteiger partial charge in [-0.25, -0.2) is 0 Å². The van der Waals surface area contributed by atoms with Crippen molar-refractivity contribution in [3.63, 3.8) is 0 Å². The summed E-state index contributed by atoms with van der Waals surface area (Å²) in [5, 5.41) is 8.56. The Kier molecular flexibility index (Phi) is 2.27. The second-order valence-electron chi connectivity index (χ2n) is 1.36. The number of rotatable bonds is 1. The van der Waals surface area contributed by atoms with Crippen molar-refractivity contribution in [1.29, 1.82) is 0 Å². The van der Waals surface area contributed by atoms with Crippen LogP contribution in [0.25, 0.3) is 0 Å². The van der Waals surface area contributed by atoms with Gasteiger partial charge in [0, 0.05) is 4.88 Å². The zero-order valence-corrected chi connectivity index (χ0v) is 7.07. The van der Waals surface area contributed by atoms with Crippen molar-refractivity contribution in [2.45, 2.75) is 6.61 Å². The minimum absolute atomic E-state index is 0.174. The van der Waals surface area contributed by atoms with Gasteiger partial charge in [-0.3, -0.25) is 0 Å². The molecule has 0 aliphatic rings. The monoisotopic (exact) mass is 240 g/mol. The zero-order valence-electron chi connectivity index (χ0n) is 4.10. The Morgan fingerprint density at radius 1 is 1.62 bits per heavy atom. The molecule has 0 atom stereocenters. The third-order valence-corrected chi connectivity index (χ3v) is 2.66. The van der Waals surface area contributed by atoms with E-state index in [-0.39, 0.29) is 6.61 Å². The molecular weight excluding hydrogens is 235 g/mol. The largest absolute Gasteiger partial charge is 0.391 e. The van der Waals surface area contributed by atoms with Crippen LogP contribution in [0.3, 0.4) is 0 Å². The van der Waals surface area contributed by atoms with Gasteiger partial charge < -0.3 is 5.11 Å². The van der Waals surface area contributed by atoms with Gasteiger partial charge in [-0.05, 0) is 34.7 Å². The smallest absolute Gasteiger partial charge is 0.0774 e. The second-order valence-corrected chi connectivity index (χ2v) is 4.43. The fourth-order valence-electron chi connectivity index (χ4n) is 0.437. The van der Waals surface area contributed by atoms with Crippen molar-refractivity contribution in [3.8, 4) is 0 Å². The molecule has 0 amide bonds. The molecule has 1 rings (SSSR count). The molecule has 0 saturated heterocycles. The molecular formula is C5H5IOS. The van der Waals surface area contributed by atoms with E-state index in [1.54, 1.807) is 11.3 Å². The Hall–Kier alpha value is 0.390. The highest BCUT2D eigenvalue weighted by Crippen LogP contribution is 2.17. The highest BCUT2D eigenvalue weighted by atomic mass is 127. The second kappa shape index (κ2) is 2.80. The number of hydrogen-bond donors (Lipinski definition) is 1. The Bertz CT molecular complexity index is 173. The number of hydrogen-bond acceptors (Lipinski definition) is 2. The van der Waals surface area contributed by atoms with E-state index in [0.29, 0.717) is 0 Å². The first kappa shape index (κ1) is 6.51. The van der Waals surface area contributed by atoms with E-state index in [1.807, 2.05) is 12.1 Å². The van der Waals surface area contributed by atoms with Crippen LogP contribution in [0.2, 0.25) is 0 Å². The van der Waals surface area contributed by atoms with E-state index in [0.717, 1.165) is 4.88 Å². The zero-order chi connectivity index (χ0) is 5.98. The maximum Gasteiger partial charge on any atom is 0.0774 e. The van der Waals surface area contributed by atoms with Crippen molar-refractivity contribution >= 4 is 33.9 Å². The summed E-state index contributed by atoms with van der Waals surface area (Å²) >= 11 is 3.86. The Morgan fingerprint density at radius 3 is 2.62 bits per heavy atom. The average molecular weight is 240 g/mol. The molecule has 0 unspecified atom stereocenters. The lowest BCUT2D eigenvalue weighted by Gasteiger charge is -1.79. The number of halogens is 1. The molecule has 0 bridgehead atoms. The number of aliphatic hydroxyl groups excluding tert-OH is 1. The molecule has 0 fully saturated rings. The maximum absolute atomic E-state index is 8.56. The summed E-state index contributed by atoms with van der Waals surface area (Å²) in [6.07, 6.45) is 0. The van der Waals surface area contributed by atoms with Crippen molar-refractivity contribution in [1.82, 2.24) is 0 Å². The molecule has 44 valence electrons. The minimum Gasteiger partial charge on any atom is -0.391 e. The molecule has 3 heteroatoms. The van der Waals surface area contributed by atoms with E-state index in [2.05, 4.69) is 22.6 Å².